The Bertz CT molecular complexity index is 1400. The molecule has 20 atom stereocenters. The van der Waals surface area contributed by atoms with Crippen LogP contribution in [-0.4, -0.2) is 149 Å². The molecule has 6 rings (SSSR count). The van der Waals surface area contributed by atoms with Crippen molar-refractivity contribution in [1.82, 2.24) is 0 Å². The number of hydrogen-bond acceptors (Lipinski definition) is 14. The summed E-state index contributed by atoms with van der Waals surface area (Å²) in [6.07, 6.45) is -6.72. The summed E-state index contributed by atoms with van der Waals surface area (Å²) in [5, 5.41) is 108. The molecule has 10 N–H and O–H groups in total. The Labute approximate surface area is 331 Å². The third-order valence-electron chi connectivity index (χ3n) is 16.4. The van der Waals surface area contributed by atoms with Gasteiger partial charge in [-0.15, -0.1) is 0 Å². The van der Waals surface area contributed by atoms with Gasteiger partial charge in [0.1, 0.15) is 48.8 Å². The van der Waals surface area contributed by atoms with Crippen molar-refractivity contribution in [1.29, 1.82) is 0 Å². The van der Waals surface area contributed by atoms with Crippen molar-refractivity contribution >= 4 is 0 Å². The highest BCUT2D eigenvalue weighted by atomic mass is 16.8. The molecule has 0 aromatic heterocycles. The van der Waals surface area contributed by atoms with Gasteiger partial charge in [-0.3, -0.25) is 0 Å². The maximum absolute atomic E-state index is 12.2. The molecular formula is C42H72O14. The van der Waals surface area contributed by atoms with Crippen LogP contribution in [0.1, 0.15) is 107 Å². The van der Waals surface area contributed by atoms with Gasteiger partial charge in [-0.25, -0.2) is 0 Å². The summed E-state index contributed by atoms with van der Waals surface area (Å²) in [5.41, 5.74) is -2.97. The van der Waals surface area contributed by atoms with Crippen molar-refractivity contribution in [3.05, 3.63) is 12.2 Å². The first kappa shape index (κ1) is 44.7. The molecule has 0 amide bonds. The van der Waals surface area contributed by atoms with Crippen LogP contribution in [0.5, 0.6) is 0 Å². The Morgan fingerprint density at radius 2 is 1.27 bits per heavy atom. The molecule has 6 aliphatic rings. The van der Waals surface area contributed by atoms with Gasteiger partial charge < -0.3 is 70.0 Å². The van der Waals surface area contributed by atoms with Crippen LogP contribution in [0.15, 0.2) is 12.2 Å². The van der Waals surface area contributed by atoms with Gasteiger partial charge in [0, 0.05) is 0 Å². The molecule has 0 spiro atoms. The van der Waals surface area contributed by atoms with Crippen molar-refractivity contribution in [2.24, 2.45) is 45.3 Å². The molecular weight excluding hydrogens is 728 g/mol. The van der Waals surface area contributed by atoms with Gasteiger partial charge >= 0.3 is 0 Å². The highest BCUT2D eigenvalue weighted by Crippen LogP contribution is 2.76. The van der Waals surface area contributed by atoms with E-state index in [1.165, 1.54) is 0 Å². The number of fused-ring (bicyclic) bond motifs is 5. The molecule has 4 unspecified atom stereocenters. The topological polar surface area (TPSA) is 239 Å². The summed E-state index contributed by atoms with van der Waals surface area (Å²) in [6, 6.07) is 0. The van der Waals surface area contributed by atoms with Gasteiger partial charge in [-0.1, -0.05) is 46.8 Å². The lowest BCUT2D eigenvalue weighted by Crippen LogP contribution is -2.68. The lowest BCUT2D eigenvalue weighted by molar-refractivity contribution is -0.378. The van der Waals surface area contributed by atoms with Crippen LogP contribution in [0.3, 0.4) is 0 Å². The van der Waals surface area contributed by atoms with Crippen molar-refractivity contribution in [2.75, 3.05) is 13.2 Å². The summed E-state index contributed by atoms with van der Waals surface area (Å²) >= 11 is 0. The predicted octanol–water partition coefficient (Wildman–Crippen LogP) is 1.12. The monoisotopic (exact) mass is 800 g/mol. The quantitative estimate of drug-likeness (QED) is 0.110. The normalized spacial score (nSPS) is 51.9. The third-order valence-corrected chi connectivity index (χ3v) is 16.4. The van der Waals surface area contributed by atoms with E-state index in [9.17, 15) is 51.1 Å². The number of aliphatic hydroxyl groups is 10. The van der Waals surface area contributed by atoms with E-state index in [1.54, 1.807) is 19.9 Å². The Balaban J connectivity index is 1.22. The molecule has 0 aromatic carbocycles. The number of aliphatic hydroxyl groups excluding tert-OH is 8. The number of ether oxygens (including phenoxy) is 4. The van der Waals surface area contributed by atoms with E-state index in [0.717, 1.165) is 32.1 Å². The fourth-order valence-electron chi connectivity index (χ4n) is 13.2. The average Bonchev–Trinajstić information content (AvgIpc) is 3.50. The Morgan fingerprint density at radius 1 is 0.679 bits per heavy atom. The zero-order valence-corrected chi connectivity index (χ0v) is 34.6. The second kappa shape index (κ2) is 15.6. The minimum absolute atomic E-state index is 0.0764. The van der Waals surface area contributed by atoms with E-state index in [4.69, 9.17) is 18.9 Å². The van der Waals surface area contributed by atoms with E-state index in [1.807, 2.05) is 13.0 Å². The Morgan fingerprint density at radius 3 is 1.88 bits per heavy atom. The van der Waals surface area contributed by atoms with Gasteiger partial charge in [-0.05, 0) is 117 Å². The van der Waals surface area contributed by atoms with E-state index in [-0.39, 0.29) is 39.9 Å². The molecule has 0 bridgehead atoms. The first-order valence-corrected chi connectivity index (χ1v) is 20.9. The summed E-state index contributed by atoms with van der Waals surface area (Å²) in [7, 11) is 0. The zero-order valence-electron chi connectivity index (χ0n) is 34.6. The number of hydrogen-bond donors (Lipinski definition) is 10. The molecule has 6 fully saturated rings. The van der Waals surface area contributed by atoms with Crippen molar-refractivity contribution in [2.45, 2.75) is 192 Å². The highest BCUT2D eigenvalue weighted by Gasteiger charge is 2.71. The van der Waals surface area contributed by atoms with Crippen LogP contribution in [0.25, 0.3) is 0 Å². The maximum Gasteiger partial charge on any atom is 0.187 e. The fourth-order valence-corrected chi connectivity index (χ4v) is 13.2. The van der Waals surface area contributed by atoms with E-state index in [2.05, 4.69) is 34.6 Å². The van der Waals surface area contributed by atoms with Crippen LogP contribution in [0.4, 0.5) is 0 Å². The van der Waals surface area contributed by atoms with Gasteiger partial charge in [0.25, 0.3) is 0 Å². The Kier molecular flexibility index (Phi) is 12.4. The second-order valence-electron chi connectivity index (χ2n) is 20.6. The van der Waals surface area contributed by atoms with Gasteiger partial charge in [0.15, 0.2) is 12.6 Å². The van der Waals surface area contributed by atoms with Gasteiger partial charge in [-0.2, -0.15) is 0 Å². The molecule has 2 aliphatic heterocycles. The summed E-state index contributed by atoms with van der Waals surface area (Å²) in [5.74, 6) is 0.174. The lowest BCUT2D eigenvalue weighted by Gasteiger charge is -2.70. The number of rotatable bonds is 10. The van der Waals surface area contributed by atoms with Crippen LogP contribution in [0, 0.1) is 45.3 Å². The third kappa shape index (κ3) is 7.37. The SMILES string of the molecule is CC(C)(O)/C=C/C[C@](C)(O)C1CC[C@]2(C)C1[C@H](O)CC1[C@@]3(C)CC[C@H](O[C@@H]4O[C@H](CO)[C@@H](O)[C@H](O)[C@H]4O[C@@H]4O[C@H](CO)[C@@H](O)[C@H](O)[C@H]4O)C(C)(C)C3CC[C@]12C. The molecule has 4 aliphatic carbocycles. The summed E-state index contributed by atoms with van der Waals surface area (Å²) < 4.78 is 24.3. The van der Waals surface area contributed by atoms with E-state index >= 15 is 0 Å². The average molecular weight is 801 g/mol. The maximum atomic E-state index is 12.2. The lowest BCUT2D eigenvalue weighted by atomic mass is 9.35. The summed E-state index contributed by atoms with van der Waals surface area (Å²) in [4.78, 5) is 0. The van der Waals surface area contributed by atoms with Crippen molar-refractivity contribution in [3.63, 3.8) is 0 Å². The minimum Gasteiger partial charge on any atom is -0.394 e. The Hall–Kier alpha value is -0.820. The molecule has 0 radical (unpaired) electrons. The zero-order chi connectivity index (χ0) is 41.6. The summed E-state index contributed by atoms with van der Waals surface area (Å²) in [6.45, 7) is 15.4. The van der Waals surface area contributed by atoms with Crippen molar-refractivity contribution in [3.8, 4) is 0 Å². The smallest absolute Gasteiger partial charge is 0.187 e. The standard InChI is InChI=1S/C42H72O14/c1-37(2,51)13-9-14-42(8,52)21-10-16-41(7)28(21)22(45)18-26-39(5)15-12-27(38(3,4)25(39)11-17-40(26,41)6)55-36-34(32(49)30(47)24(20-44)54-36)56-35-33(50)31(48)29(46)23(19-43)53-35/h9,13,21-36,43-52H,10-12,14-20H2,1-8H3/b13-9+/t21?,22-,23-,24-,25?,26?,27+,28?,29-,30-,31+,32+,33-,34-,35+,36+,39+,40-,41-,42+/m1/s1. The van der Waals surface area contributed by atoms with Crippen LogP contribution in [-0.2, 0) is 18.9 Å². The van der Waals surface area contributed by atoms with Crippen LogP contribution in [0.2, 0.25) is 0 Å². The van der Waals surface area contributed by atoms with E-state index < -0.39 is 103 Å². The molecule has 2 saturated heterocycles. The molecule has 14 heteroatoms. The molecule has 14 nitrogen and oxygen atoms in total. The second-order valence-corrected chi connectivity index (χ2v) is 20.6. The van der Waals surface area contributed by atoms with Gasteiger partial charge in [0.2, 0.25) is 0 Å². The van der Waals surface area contributed by atoms with E-state index in [0.29, 0.717) is 19.3 Å². The van der Waals surface area contributed by atoms with Gasteiger partial charge in [0.05, 0.1) is 36.6 Å². The molecule has 4 saturated carbocycles. The van der Waals surface area contributed by atoms with Crippen LogP contribution < -0.4 is 0 Å². The first-order chi connectivity index (χ1) is 25.9. The highest BCUT2D eigenvalue weighted by molar-refractivity contribution is 5.20. The fraction of sp³-hybridized carbons (Fsp3) is 0.952. The largest absolute Gasteiger partial charge is 0.394 e. The predicted molar refractivity (Wildman–Crippen MR) is 202 cm³/mol. The molecule has 324 valence electrons. The molecule has 56 heavy (non-hydrogen) atoms. The van der Waals surface area contributed by atoms with Crippen molar-refractivity contribution < 1.29 is 70.0 Å². The first-order valence-electron chi connectivity index (χ1n) is 20.9. The molecule has 2 heterocycles. The minimum atomic E-state index is -1.76. The van der Waals surface area contributed by atoms with Crippen LogP contribution >= 0.6 is 0 Å². The molecule has 0 aromatic rings.